The average Bonchev–Trinajstić information content (AvgIpc) is 2.99. The summed E-state index contributed by atoms with van der Waals surface area (Å²) >= 11 is 0. The van der Waals surface area contributed by atoms with Gasteiger partial charge >= 0.3 is 6.09 Å². The third-order valence-electron chi connectivity index (χ3n) is 4.22. The zero-order valence-electron chi connectivity index (χ0n) is 14.5. The smallest absolute Gasteiger partial charge is 0.406 e. The van der Waals surface area contributed by atoms with Gasteiger partial charge in [-0.3, -0.25) is 0 Å². The van der Waals surface area contributed by atoms with E-state index < -0.39 is 6.09 Å². The minimum absolute atomic E-state index is 0.411. The Balaban J connectivity index is 1.90. The van der Waals surface area contributed by atoms with Crippen molar-refractivity contribution in [1.82, 2.24) is 9.88 Å². The van der Waals surface area contributed by atoms with Gasteiger partial charge in [-0.2, -0.15) is 0 Å². The molecule has 5 heteroatoms. The number of amides is 1. The van der Waals surface area contributed by atoms with E-state index in [0.29, 0.717) is 6.54 Å². The van der Waals surface area contributed by atoms with E-state index in [1.54, 1.807) is 7.11 Å². The van der Waals surface area contributed by atoms with Crippen LogP contribution in [0.3, 0.4) is 0 Å². The summed E-state index contributed by atoms with van der Waals surface area (Å²) in [6.45, 7) is 1.32. The number of aromatic nitrogens is 1. The van der Waals surface area contributed by atoms with Gasteiger partial charge in [0.1, 0.15) is 5.75 Å². The van der Waals surface area contributed by atoms with Gasteiger partial charge in [0.15, 0.2) is 0 Å². The topological polar surface area (TPSA) is 52.5 Å². The van der Waals surface area contributed by atoms with Crippen molar-refractivity contribution in [2.75, 3.05) is 20.8 Å². The van der Waals surface area contributed by atoms with Crippen molar-refractivity contribution in [2.45, 2.75) is 13.0 Å². The van der Waals surface area contributed by atoms with Crippen molar-refractivity contribution in [3.05, 3.63) is 65.9 Å². The highest BCUT2D eigenvalue weighted by Gasteiger charge is 2.11. The van der Waals surface area contributed by atoms with Crippen molar-refractivity contribution in [3.63, 3.8) is 0 Å². The Morgan fingerprint density at radius 2 is 1.92 bits per heavy atom. The van der Waals surface area contributed by atoms with E-state index in [-0.39, 0.29) is 0 Å². The van der Waals surface area contributed by atoms with Crippen LogP contribution in [0.5, 0.6) is 5.75 Å². The van der Waals surface area contributed by atoms with Gasteiger partial charge < -0.3 is 19.4 Å². The number of hydrogen-bond acceptors (Lipinski definition) is 3. The minimum Gasteiger partial charge on any atom is -0.497 e. The molecule has 1 amide bonds. The second-order valence-electron chi connectivity index (χ2n) is 5.82. The molecular weight excluding hydrogens is 316 g/mol. The summed E-state index contributed by atoms with van der Waals surface area (Å²) in [6, 6.07) is 16.4. The van der Waals surface area contributed by atoms with Crippen molar-refractivity contribution < 1.29 is 14.3 Å². The molecule has 1 N–H and O–H groups in total. The molecule has 25 heavy (non-hydrogen) atoms. The molecule has 0 fully saturated rings. The Kier molecular flexibility index (Phi) is 5.23. The summed E-state index contributed by atoms with van der Waals surface area (Å²) in [5, 5.41) is 3.87. The predicted octanol–water partition coefficient (Wildman–Crippen LogP) is 3.60. The van der Waals surface area contributed by atoms with Crippen LogP contribution >= 0.6 is 0 Å². The first-order valence-corrected chi connectivity index (χ1v) is 8.22. The molecule has 130 valence electrons. The highest BCUT2D eigenvalue weighted by atomic mass is 16.5. The summed E-state index contributed by atoms with van der Waals surface area (Å²) in [5.41, 5.74) is 3.56. The van der Waals surface area contributed by atoms with Crippen LogP contribution in [0, 0.1) is 0 Å². The minimum atomic E-state index is -0.411. The monoisotopic (exact) mass is 338 g/mol. The Labute approximate surface area is 147 Å². The van der Waals surface area contributed by atoms with Crippen molar-refractivity contribution in [2.24, 2.45) is 0 Å². The molecule has 0 saturated carbocycles. The maximum absolute atomic E-state index is 11.3. The van der Waals surface area contributed by atoms with Crippen LogP contribution in [0.1, 0.15) is 11.1 Å². The zero-order valence-corrected chi connectivity index (χ0v) is 14.5. The van der Waals surface area contributed by atoms with Crippen molar-refractivity contribution >= 4 is 17.0 Å². The number of carbonyl (C=O) groups is 1. The molecule has 5 nitrogen and oxygen atoms in total. The van der Waals surface area contributed by atoms with Crippen molar-refractivity contribution in [3.8, 4) is 5.75 Å². The average molecular weight is 338 g/mol. The summed E-state index contributed by atoms with van der Waals surface area (Å²) < 4.78 is 12.2. The molecule has 0 unspecified atom stereocenters. The molecular formula is C20H22N2O3. The molecule has 3 aromatic rings. The fourth-order valence-corrected chi connectivity index (χ4v) is 2.96. The molecule has 0 radical (unpaired) electrons. The highest BCUT2D eigenvalue weighted by Crippen LogP contribution is 2.27. The largest absolute Gasteiger partial charge is 0.497 e. The van der Waals surface area contributed by atoms with E-state index in [1.807, 2.05) is 30.3 Å². The fraction of sp³-hybridized carbons (Fsp3) is 0.250. The molecule has 0 aliphatic carbocycles. The molecule has 1 heterocycles. The van der Waals surface area contributed by atoms with Gasteiger partial charge in [0.05, 0.1) is 14.2 Å². The quantitative estimate of drug-likeness (QED) is 0.747. The third-order valence-corrected chi connectivity index (χ3v) is 4.22. The van der Waals surface area contributed by atoms with E-state index in [9.17, 15) is 4.79 Å². The summed E-state index contributed by atoms with van der Waals surface area (Å²) in [5.74, 6) is 0.826. The maximum atomic E-state index is 11.3. The Bertz CT molecular complexity index is 856. The lowest BCUT2D eigenvalue weighted by Gasteiger charge is -2.06. The third kappa shape index (κ3) is 3.94. The number of rotatable bonds is 6. The molecule has 0 atom stereocenters. The molecule has 0 aliphatic heterocycles. The number of alkyl carbamates (subject to hydrolysis) is 1. The lowest BCUT2D eigenvalue weighted by atomic mass is 10.1. The summed E-state index contributed by atoms with van der Waals surface area (Å²) in [7, 11) is 3.03. The SMILES string of the molecule is COC(=O)NCCc1cn(Cc2ccccc2)c2ccc(OC)cc12. The highest BCUT2D eigenvalue weighted by molar-refractivity contribution is 5.85. The molecule has 0 spiro atoms. The number of carbonyl (C=O) groups excluding carboxylic acids is 1. The molecule has 1 aromatic heterocycles. The first kappa shape index (κ1) is 16.9. The number of hydrogen-bond donors (Lipinski definition) is 1. The molecule has 0 aliphatic rings. The second-order valence-corrected chi connectivity index (χ2v) is 5.82. The van der Waals surface area contributed by atoms with Gasteiger partial charge in [0.2, 0.25) is 0 Å². The Hall–Kier alpha value is -2.95. The van der Waals surface area contributed by atoms with Crippen LogP contribution < -0.4 is 10.1 Å². The van der Waals surface area contributed by atoms with Gasteiger partial charge in [0, 0.05) is 30.2 Å². The lowest BCUT2D eigenvalue weighted by Crippen LogP contribution is -2.25. The van der Waals surface area contributed by atoms with Crippen LogP contribution in [0.4, 0.5) is 4.79 Å². The van der Waals surface area contributed by atoms with E-state index in [2.05, 4.69) is 39.0 Å². The number of nitrogens with zero attached hydrogens (tertiary/aromatic N) is 1. The molecule has 0 saturated heterocycles. The van der Waals surface area contributed by atoms with Gasteiger partial charge in [-0.1, -0.05) is 30.3 Å². The standard InChI is InChI=1S/C20H22N2O3/c1-24-17-8-9-19-18(12-17)16(10-11-21-20(23)25-2)14-22(19)13-15-6-4-3-5-7-15/h3-9,12,14H,10-11,13H2,1-2H3,(H,21,23). The van der Waals surface area contributed by atoms with Crippen LogP contribution in [-0.2, 0) is 17.7 Å². The van der Waals surface area contributed by atoms with Gasteiger partial charge in [-0.05, 0) is 35.7 Å². The van der Waals surface area contributed by atoms with Gasteiger partial charge in [0.25, 0.3) is 0 Å². The predicted molar refractivity (Wildman–Crippen MR) is 98.1 cm³/mol. The molecule has 2 aromatic carbocycles. The summed E-state index contributed by atoms with van der Waals surface area (Å²) in [6.07, 6.45) is 2.46. The van der Waals surface area contributed by atoms with Crippen LogP contribution in [0.15, 0.2) is 54.7 Å². The van der Waals surface area contributed by atoms with E-state index >= 15 is 0 Å². The van der Waals surface area contributed by atoms with Crippen LogP contribution in [-0.4, -0.2) is 31.4 Å². The first-order valence-electron chi connectivity index (χ1n) is 8.22. The number of methoxy groups -OCH3 is 2. The van der Waals surface area contributed by atoms with Gasteiger partial charge in [-0.25, -0.2) is 4.79 Å². The Morgan fingerprint density at radius 3 is 2.64 bits per heavy atom. The molecule has 0 bridgehead atoms. The number of fused-ring (bicyclic) bond motifs is 1. The molecule has 3 rings (SSSR count). The normalized spacial score (nSPS) is 10.6. The lowest BCUT2D eigenvalue weighted by molar-refractivity contribution is 0.171. The second kappa shape index (κ2) is 7.75. The first-order chi connectivity index (χ1) is 12.2. The Morgan fingerprint density at radius 1 is 1.12 bits per heavy atom. The van der Waals surface area contributed by atoms with E-state index in [1.165, 1.54) is 18.2 Å². The van der Waals surface area contributed by atoms with E-state index in [4.69, 9.17) is 4.74 Å². The zero-order chi connectivity index (χ0) is 17.6. The fourth-order valence-electron chi connectivity index (χ4n) is 2.96. The summed E-state index contributed by atoms with van der Waals surface area (Å²) in [4.78, 5) is 11.3. The van der Waals surface area contributed by atoms with Crippen LogP contribution in [0.2, 0.25) is 0 Å². The number of benzene rings is 2. The van der Waals surface area contributed by atoms with Crippen LogP contribution in [0.25, 0.3) is 10.9 Å². The van der Waals surface area contributed by atoms with Gasteiger partial charge in [-0.15, -0.1) is 0 Å². The number of ether oxygens (including phenoxy) is 2. The number of nitrogens with one attached hydrogen (secondary N) is 1. The van der Waals surface area contributed by atoms with Crippen molar-refractivity contribution in [1.29, 1.82) is 0 Å². The maximum Gasteiger partial charge on any atom is 0.406 e. The van der Waals surface area contributed by atoms with E-state index in [0.717, 1.165) is 29.6 Å².